The van der Waals surface area contributed by atoms with Gasteiger partial charge in [-0.05, 0) is 43.1 Å². The molecule has 10 heteroatoms. The molecule has 1 aromatic carbocycles. The molecule has 2 amide bonds. The second kappa shape index (κ2) is 8.51. The fourth-order valence-corrected chi connectivity index (χ4v) is 10.0. The van der Waals surface area contributed by atoms with E-state index < -0.39 is 5.97 Å². The van der Waals surface area contributed by atoms with E-state index in [1.807, 2.05) is 12.1 Å². The number of aromatic nitrogens is 1. The van der Waals surface area contributed by atoms with Crippen LogP contribution in [0.25, 0.3) is 0 Å². The van der Waals surface area contributed by atoms with Gasteiger partial charge in [-0.1, -0.05) is 36.0 Å². The number of phenols is 1. The first-order valence-corrected chi connectivity index (χ1v) is 13.8. The first kappa shape index (κ1) is 22.8. The number of thioether (sulfide) groups is 1. The Morgan fingerprint density at radius 1 is 1.06 bits per heavy atom. The molecule has 2 aromatic rings. The molecule has 7 atom stereocenters. The molecular weight excluding hydrogens is 488 g/mol. The number of hydrogen-bond donors (Lipinski definition) is 3. The van der Waals surface area contributed by atoms with Gasteiger partial charge in [-0.25, -0.2) is 0 Å². The van der Waals surface area contributed by atoms with E-state index >= 15 is 0 Å². The zero-order valence-corrected chi connectivity index (χ0v) is 20.5. The highest BCUT2D eigenvalue weighted by molar-refractivity contribution is 8.00. The maximum Gasteiger partial charge on any atom is 0.305 e. The third-order valence-corrected chi connectivity index (χ3v) is 10.9. The number of fused-ring (bicyclic) bond motifs is 9. The number of phenolic OH excluding ortho intramolecular Hbond substituents is 1. The summed E-state index contributed by atoms with van der Waals surface area (Å²) in [5, 5.41) is 20.5. The van der Waals surface area contributed by atoms with Crippen molar-refractivity contribution >= 4 is 40.9 Å². The molecule has 8 nitrogen and oxygen atoms in total. The van der Waals surface area contributed by atoms with Crippen LogP contribution in [0.5, 0.6) is 5.75 Å². The molecule has 2 bridgehead atoms. The summed E-state index contributed by atoms with van der Waals surface area (Å²) in [6.07, 6.45) is 2.71. The first-order chi connectivity index (χ1) is 16.9. The zero-order chi connectivity index (χ0) is 24.4. The largest absolute Gasteiger partial charge is 0.508 e. The second-order valence-corrected chi connectivity index (χ2v) is 12.3. The average Bonchev–Trinajstić information content (AvgIpc) is 3.54. The summed E-state index contributed by atoms with van der Waals surface area (Å²) in [6.45, 7) is 0.343. The van der Waals surface area contributed by atoms with E-state index in [2.05, 4.69) is 4.98 Å². The van der Waals surface area contributed by atoms with Crippen LogP contribution in [0.4, 0.5) is 0 Å². The van der Waals surface area contributed by atoms with E-state index in [9.17, 15) is 24.3 Å². The lowest BCUT2D eigenvalue weighted by Gasteiger charge is -2.43. The van der Waals surface area contributed by atoms with Crippen LogP contribution in [0.2, 0.25) is 0 Å². The number of aliphatic carboxylic acids is 1. The minimum Gasteiger partial charge on any atom is -0.508 e. The van der Waals surface area contributed by atoms with Gasteiger partial charge in [0.05, 0.1) is 16.9 Å². The standard InChI is InChI=1S/C25H26N2O6S2/c28-14-7-4-3-6-11(14)16-17-12-10-13(20(17)34-22-21(16)35-25(33)26-22)19-18(12)23(31)27(24(19)32)9-5-1-2-8-15(29)30/h3-4,6-7,12-13,16-20,28H,1-2,5,8-10H2,(H,26,33)(H,29,30)/t12-,13+,16+,17+,18+,19+,20+/m0/s1. The number of benzene rings is 1. The highest BCUT2D eigenvalue weighted by atomic mass is 32.2. The number of rotatable bonds is 7. The van der Waals surface area contributed by atoms with Crippen molar-refractivity contribution in [2.24, 2.45) is 29.6 Å². The summed E-state index contributed by atoms with van der Waals surface area (Å²) in [5.74, 6) is -1.56. The number of carboxylic acids is 1. The van der Waals surface area contributed by atoms with Crippen LogP contribution >= 0.6 is 23.1 Å². The molecule has 0 unspecified atom stereocenters. The van der Waals surface area contributed by atoms with Gasteiger partial charge in [0, 0.05) is 34.6 Å². The van der Waals surface area contributed by atoms with Gasteiger partial charge in [-0.3, -0.25) is 24.1 Å². The van der Waals surface area contributed by atoms with Crippen molar-refractivity contribution in [1.29, 1.82) is 0 Å². The van der Waals surface area contributed by atoms with Gasteiger partial charge >= 0.3 is 10.8 Å². The molecule has 2 aliphatic heterocycles. The molecule has 1 aromatic heterocycles. The number of H-pyrrole nitrogens is 1. The maximum atomic E-state index is 13.5. The molecule has 0 spiro atoms. The van der Waals surface area contributed by atoms with Gasteiger partial charge in [-0.2, -0.15) is 0 Å². The molecule has 1 saturated heterocycles. The number of carbonyl (C=O) groups is 3. The summed E-state index contributed by atoms with van der Waals surface area (Å²) >= 11 is 2.81. The van der Waals surface area contributed by atoms with Crippen molar-refractivity contribution < 1.29 is 24.6 Å². The van der Waals surface area contributed by atoms with Crippen LogP contribution in [0, 0.1) is 29.6 Å². The number of thiazole rings is 1. The zero-order valence-electron chi connectivity index (χ0n) is 18.9. The number of likely N-dealkylation sites (tertiary alicyclic amines) is 1. The summed E-state index contributed by atoms with van der Waals surface area (Å²) in [7, 11) is 0. The minimum atomic E-state index is -0.835. The highest BCUT2D eigenvalue weighted by Gasteiger charge is 2.69. The Labute approximate surface area is 209 Å². The smallest absolute Gasteiger partial charge is 0.305 e. The van der Waals surface area contributed by atoms with Crippen molar-refractivity contribution in [2.45, 2.75) is 48.3 Å². The van der Waals surface area contributed by atoms with Crippen LogP contribution in [-0.4, -0.2) is 49.7 Å². The van der Waals surface area contributed by atoms with E-state index in [-0.39, 0.29) is 69.6 Å². The van der Waals surface area contributed by atoms with Gasteiger partial charge in [0.25, 0.3) is 0 Å². The molecule has 4 aliphatic rings. The number of imide groups is 1. The number of hydrogen-bond acceptors (Lipinski definition) is 7. The third kappa shape index (κ3) is 3.48. The molecule has 6 rings (SSSR count). The second-order valence-electron chi connectivity index (χ2n) is 10.1. The van der Waals surface area contributed by atoms with Gasteiger partial charge in [-0.15, -0.1) is 11.8 Å². The molecule has 0 radical (unpaired) electrons. The first-order valence-electron chi connectivity index (χ1n) is 12.1. The van der Waals surface area contributed by atoms with Crippen LogP contribution < -0.4 is 4.87 Å². The lowest BCUT2D eigenvalue weighted by molar-refractivity contribution is -0.141. The molecule has 35 heavy (non-hydrogen) atoms. The number of unbranched alkanes of at least 4 members (excludes halogenated alkanes) is 2. The Bertz CT molecular complexity index is 1270. The van der Waals surface area contributed by atoms with E-state index in [1.54, 1.807) is 23.9 Å². The van der Waals surface area contributed by atoms with Gasteiger partial charge in [0.2, 0.25) is 11.8 Å². The van der Waals surface area contributed by atoms with Gasteiger partial charge in [0.15, 0.2) is 0 Å². The number of para-hydroxylation sites is 1. The number of nitrogens with zero attached hydrogens (tertiary/aromatic N) is 1. The summed E-state index contributed by atoms with van der Waals surface area (Å²) < 4.78 is 0. The van der Waals surface area contributed by atoms with Gasteiger partial charge in [0.1, 0.15) is 5.75 Å². The van der Waals surface area contributed by atoms with E-state index in [4.69, 9.17) is 5.11 Å². The summed E-state index contributed by atoms with van der Waals surface area (Å²) in [5.41, 5.74) is 0.774. The molecule has 3 fully saturated rings. The lowest BCUT2D eigenvalue weighted by atomic mass is 9.68. The topological polar surface area (TPSA) is 128 Å². The Morgan fingerprint density at radius 3 is 2.54 bits per heavy atom. The van der Waals surface area contributed by atoms with E-state index in [0.29, 0.717) is 25.8 Å². The van der Waals surface area contributed by atoms with Crippen molar-refractivity contribution in [2.75, 3.05) is 6.54 Å². The Kier molecular flexibility index (Phi) is 5.56. The lowest BCUT2D eigenvalue weighted by Crippen LogP contribution is -2.42. The number of amides is 2. The van der Waals surface area contributed by atoms with Crippen molar-refractivity contribution in [3.05, 3.63) is 44.4 Å². The fraction of sp³-hybridized carbons (Fsp3) is 0.520. The van der Waals surface area contributed by atoms with Crippen LogP contribution in [0.15, 0.2) is 34.1 Å². The van der Waals surface area contributed by atoms with E-state index in [0.717, 1.165) is 21.9 Å². The monoisotopic (exact) mass is 514 g/mol. The third-order valence-electron chi connectivity index (χ3n) is 8.36. The molecule has 3 heterocycles. The predicted octanol–water partition coefficient (Wildman–Crippen LogP) is 3.26. The predicted molar refractivity (Wildman–Crippen MR) is 129 cm³/mol. The molecule has 2 aliphatic carbocycles. The van der Waals surface area contributed by atoms with Crippen LogP contribution in [0.1, 0.15) is 48.5 Å². The number of carboxylic acid groups (broad SMARTS) is 1. The average molecular weight is 515 g/mol. The number of carbonyl (C=O) groups excluding carboxylic acids is 2. The molecule has 184 valence electrons. The van der Waals surface area contributed by atoms with Gasteiger partial charge < -0.3 is 15.2 Å². The summed E-state index contributed by atoms with van der Waals surface area (Å²) in [4.78, 5) is 55.1. The van der Waals surface area contributed by atoms with E-state index in [1.165, 1.54) is 16.2 Å². The molecule has 2 saturated carbocycles. The van der Waals surface area contributed by atoms with Crippen LogP contribution in [-0.2, 0) is 14.4 Å². The number of aromatic amines is 1. The number of nitrogens with one attached hydrogen (secondary N) is 1. The van der Waals surface area contributed by atoms with Crippen molar-refractivity contribution in [3.63, 3.8) is 0 Å². The fourth-order valence-electron chi connectivity index (χ4n) is 7.12. The SMILES string of the molecule is O=C(O)CCCCCN1C(=O)[C@@H]2[C@H]3C[C@@H]([C@H]4Sc5[nH]c(=O)sc5[C@H](c5ccccc5O)[C@@H]34)[C@H]2C1=O. The Morgan fingerprint density at radius 2 is 1.80 bits per heavy atom. The van der Waals surface area contributed by atoms with Crippen molar-refractivity contribution in [3.8, 4) is 5.75 Å². The highest BCUT2D eigenvalue weighted by Crippen LogP contribution is 2.68. The van der Waals surface area contributed by atoms with Crippen LogP contribution in [0.3, 0.4) is 0 Å². The Hall–Kier alpha value is -2.59. The molecule has 3 N–H and O–H groups in total. The Balaban J connectivity index is 1.30. The maximum absolute atomic E-state index is 13.5. The normalized spacial score (nSPS) is 32.6. The summed E-state index contributed by atoms with van der Waals surface area (Å²) in [6, 6.07) is 7.22. The molecular formula is C25H26N2O6S2. The minimum absolute atomic E-state index is 0.0194. The number of aromatic hydroxyl groups is 1. The quantitative estimate of drug-likeness (QED) is 0.382. The van der Waals surface area contributed by atoms with Crippen molar-refractivity contribution in [1.82, 2.24) is 9.88 Å².